The van der Waals surface area contributed by atoms with Crippen LogP contribution < -0.4 is 10.5 Å². The molecule has 0 saturated carbocycles. The van der Waals surface area contributed by atoms with Gasteiger partial charge in [0.05, 0.1) is 34.1 Å². The third-order valence-corrected chi connectivity index (χ3v) is 4.30. The van der Waals surface area contributed by atoms with Crippen molar-refractivity contribution < 1.29 is 8.95 Å². The van der Waals surface area contributed by atoms with Crippen molar-refractivity contribution in [2.45, 2.75) is 10.6 Å². The maximum absolute atomic E-state index is 12.3. The first-order valence-electron chi connectivity index (χ1n) is 5.95. The average molecular weight is 286 g/mol. The number of hydrogen-bond donors (Lipinski definition) is 1. The molecule has 2 aromatic rings. The van der Waals surface area contributed by atoms with Crippen LogP contribution in [0, 0.1) is 11.3 Å². The zero-order valence-electron chi connectivity index (χ0n) is 11.0. The third kappa shape index (κ3) is 2.98. The van der Waals surface area contributed by atoms with Gasteiger partial charge in [0.2, 0.25) is 0 Å². The Labute approximate surface area is 120 Å². The third-order valence-electron chi connectivity index (χ3n) is 2.85. The van der Waals surface area contributed by atoms with E-state index < -0.39 is 10.8 Å². The van der Waals surface area contributed by atoms with Gasteiger partial charge in [-0.1, -0.05) is 18.2 Å². The second kappa shape index (κ2) is 6.22. The molecule has 1 unspecified atom stereocenters. The number of hydrogen-bond acceptors (Lipinski definition) is 4. The first-order chi connectivity index (χ1) is 9.65. The molecule has 0 heterocycles. The zero-order chi connectivity index (χ0) is 14.5. The van der Waals surface area contributed by atoms with Crippen LogP contribution in [0.2, 0.25) is 0 Å². The lowest BCUT2D eigenvalue weighted by molar-refractivity contribution is 0.413. The number of benzene rings is 2. The Morgan fingerprint density at radius 1 is 1.30 bits per heavy atom. The number of nitrogens with zero attached hydrogens (tertiary/aromatic N) is 1. The number of methoxy groups -OCH3 is 1. The second-order valence-electron chi connectivity index (χ2n) is 4.17. The van der Waals surface area contributed by atoms with Gasteiger partial charge in [-0.2, -0.15) is 5.26 Å². The number of anilines is 1. The van der Waals surface area contributed by atoms with Gasteiger partial charge in [-0.15, -0.1) is 0 Å². The van der Waals surface area contributed by atoms with E-state index in [1.165, 1.54) is 7.11 Å². The Kier molecular flexibility index (Phi) is 4.38. The molecule has 0 fully saturated rings. The highest BCUT2D eigenvalue weighted by molar-refractivity contribution is 7.84. The quantitative estimate of drug-likeness (QED) is 0.876. The summed E-state index contributed by atoms with van der Waals surface area (Å²) < 4.78 is 17.4. The summed E-state index contributed by atoms with van der Waals surface area (Å²) in [5, 5.41) is 9.04. The van der Waals surface area contributed by atoms with E-state index in [4.69, 9.17) is 15.7 Å². The minimum atomic E-state index is -1.24. The molecule has 2 rings (SSSR count). The fraction of sp³-hybridized carbons (Fsp3) is 0.133. The predicted molar refractivity (Wildman–Crippen MR) is 78.7 cm³/mol. The highest BCUT2D eigenvalue weighted by Crippen LogP contribution is 2.22. The SMILES string of the molecule is COc1ccc(CS(=O)c2ccccc2N)cc1C#N. The molecule has 0 spiro atoms. The molecule has 0 aliphatic carbocycles. The summed E-state index contributed by atoms with van der Waals surface area (Å²) in [4.78, 5) is 0.613. The van der Waals surface area contributed by atoms with Gasteiger partial charge in [0.1, 0.15) is 11.8 Å². The molecule has 4 nitrogen and oxygen atoms in total. The minimum absolute atomic E-state index is 0.312. The molecule has 0 amide bonds. The van der Waals surface area contributed by atoms with Crippen LogP contribution in [-0.2, 0) is 16.6 Å². The van der Waals surface area contributed by atoms with Crippen molar-refractivity contribution in [1.29, 1.82) is 5.26 Å². The van der Waals surface area contributed by atoms with Crippen LogP contribution in [0.3, 0.4) is 0 Å². The maximum Gasteiger partial charge on any atom is 0.136 e. The summed E-state index contributed by atoms with van der Waals surface area (Å²) in [6, 6.07) is 14.3. The molecule has 0 aliphatic rings. The summed E-state index contributed by atoms with van der Waals surface area (Å²) >= 11 is 0. The summed E-state index contributed by atoms with van der Waals surface area (Å²) in [5.74, 6) is 0.827. The van der Waals surface area contributed by atoms with Gasteiger partial charge in [0.25, 0.3) is 0 Å². The Morgan fingerprint density at radius 3 is 2.70 bits per heavy atom. The van der Waals surface area contributed by atoms with E-state index in [-0.39, 0.29) is 0 Å². The lowest BCUT2D eigenvalue weighted by Crippen LogP contribution is -2.01. The molecular weight excluding hydrogens is 272 g/mol. The Balaban J connectivity index is 2.25. The largest absolute Gasteiger partial charge is 0.495 e. The van der Waals surface area contributed by atoms with Crippen LogP contribution >= 0.6 is 0 Å². The molecule has 0 aromatic heterocycles. The summed E-state index contributed by atoms with van der Waals surface area (Å²) in [6.07, 6.45) is 0. The van der Waals surface area contributed by atoms with Gasteiger partial charge >= 0.3 is 0 Å². The summed E-state index contributed by atoms with van der Waals surface area (Å²) in [5.41, 5.74) is 7.57. The van der Waals surface area contributed by atoms with E-state index in [0.29, 0.717) is 27.6 Å². The first kappa shape index (κ1) is 14.1. The average Bonchev–Trinajstić information content (AvgIpc) is 2.47. The number of nitriles is 1. The van der Waals surface area contributed by atoms with Crippen LogP contribution in [-0.4, -0.2) is 11.3 Å². The van der Waals surface area contributed by atoms with Crippen molar-refractivity contribution in [2.75, 3.05) is 12.8 Å². The van der Waals surface area contributed by atoms with E-state index in [0.717, 1.165) is 5.56 Å². The monoisotopic (exact) mass is 286 g/mol. The standard InChI is InChI=1S/C15H14N2O2S/c1-19-14-7-6-11(8-12(14)9-16)10-20(18)15-5-3-2-4-13(15)17/h2-8H,10,17H2,1H3. The van der Waals surface area contributed by atoms with Gasteiger partial charge in [-0.05, 0) is 29.8 Å². The van der Waals surface area contributed by atoms with Crippen molar-refractivity contribution in [1.82, 2.24) is 0 Å². The second-order valence-corrected chi connectivity index (χ2v) is 5.59. The Morgan fingerprint density at radius 2 is 2.05 bits per heavy atom. The van der Waals surface area contributed by atoms with Gasteiger partial charge in [0, 0.05) is 5.69 Å². The van der Waals surface area contributed by atoms with E-state index in [1.54, 1.807) is 42.5 Å². The molecule has 102 valence electrons. The Hall–Kier alpha value is -2.32. The predicted octanol–water partition coefficient (Wildman–Crippen LogP) is 2.46. The molecule has 2 N–H and O–H groups in total. The van der Waals surface area contributed by atoms with Crippen LogP contribution in [0.25, 0.3) is 0 Å². The number of nitrogen functional groups attached to an aromatic ring is 1. The topological polar surface area (TPSA) is 76.1 Å². The zero-order valence-corrected chi connectivity index (χ0v) is 11.8. The van der Waals surface area contributed by atoms with Crippen molar-refractivity contribution in [3.8, 4) is 11.8 Å². The van der Waals surface area contributed by atoms with Crippen molar-refractivity contribution >= 4 is 16.5 Å². The molecule has 5 heteroatoms. The summed E-state index contributed by atoms with van der Waals surface area (Å²) in [6.45, 7) is 0. The van der Waals surface area contributed by atoms with E-state index >= 15 is 0 Å². The summed E-state index contributed by atoms with van der Waals surface area (Å²) in [7, 11) is 0.273. The van der Waals surface area contributed by atoms with Crippen LogP contribution in [0.5, 0.6) is 5.75 Å². The number of para-hydroxylation sites is 1. The smallest absolute Gasteiger partial charge is 0.136 e. The van der Waals surface area contributed by atoms with Crippen LogP contribution in [0.15, 0.2) is 47.4 Å². The van der Waals surface area contributed by atoms with Crippen molar-refractivity contribution in [3.05, 3.63) is 53.6 Å². The van der Waals surface area contributed by atoms with E-state index in [9.17, 15) is 4.21 Å². The first-order valence-corrected chi connectivity index (χ1v) is 7.27. The number of ether oxygens (including phenoxy) is 1. The van der Waals surface area contributed by atoms with Crippen molar-refractivity contribution in [3.63, 3.8) is 0 Å². The van der Waals surface area contributed by atoms with Gasteiger partial charge in [0.15, 0.2) is 0 Å². The Bertz CT molecular complexity index is 693. The van der Waals surface area contributed by atoms with Gasteiger partial charge < -0.3 is 10.5 Å². The highest BCUT2D eigenvalue weighted by Gasteiger charge is 2.10. The van der Waals surface area contributed by atoms with Crippen molar-refractivity contribution in [2.24, 2.45) is 0 Å². The van der Waals surface area contributed by atoms with Gasteiger partial charge in [-0.25, -0.2) is 0 Å². The van der Waals surface area contributed by atoms with Crippen LogP contribution in [0.1, 0.15) is 11.1 Å². The molecule has 0 saturated heterocycles. The molecular formula is C15H14N2O2S. The molecule has 20 heavy (non-hydrogen) atoms. The molecule has 0 bridgehead atoms. The van der Waals surface area contributed by atoms with E-state index in [2.05, 4.69) is 6.07 Å². The maximum atomic E-state index is 12.3. The molecule has 0 radical (unpaired) electrons. The molecule has 2 aromatic carbocycles. The fourth-order valence-electron chi connectivity index (χ4n) is 1.85. The lowest BCUT2D eigenvalue weighted by atomic mass is 10.1. The minimum Gasteiger partial charge on any atom is -0.495 e. The molecule has 1 atom stereocenters. The number of rotatable bonds is 4. The normalized spacial score (nSPS) is 11.6. The highest BCUT2D eigenvalue weighted by atomic mass is 32.2. The lowest BCUT2D eigenvalue weighted by Gasteiger charge is -2.07. The van der Waals surface area contributed by atoms with E-state index in [1.807, 2.05) is 0 Å². The fourth-order valence-corrected chi connectivity index (χ4v) is 3.05. The molecule has 0 aliphatic heterocycles. The number of nitrogens with two attached hydrogens (primary N) is 1. The van der Waals surface area contributed by atoms with Crippen LogP contribution in [0.4, 0.5) is 5.69 Å². The van der Waals surface area contributed by atoms with Gasteiger partial charge in [-0.3, -0.25) is 4.21 Å².